The summed E-state index contributed by atoms with van der Waals surface area (Å²) in [6.07, 6.45) is 0. The fourth-order valence-electron chi connectivity index (χ4n) is 3.41. The van der Waals surface area contributed by atoms with Gasteiger partial charge in [0.05, 0.1) is 5.75 Å². The first-order chi connectivity index (χ1) is 12.0. The molecule has 3 rings (SSSR count). The van der Waals surface area contributed by atoms with Crippen LogP contribution >= 0.6 is 23.1 Å². The fourth-order valence-corrected chi connectivity index (χ4v) is 4.95. The van der Waals surface area contributed by atoms with Crippen LogP contribution < -0.4 is 5.73 Å². The van der Waals surface area contributed by atoms with E-state index in [4.69, 9.17) is 5.73 Å². The Morgan fingerprint density at radius 1 is 1.28 bits per heavy atom. The van der Waals surface area contributed by atoms with Gasteiger partial charge in [0.25, 0.3) is 0 Å². The van der Waals surface area contributed by atoms with Gasteiger partial charge in [-0.2, -0.15) is 0 Å². The van der Waals surface area contributed by atoms with Crippen molar-refractivity contribution in [1.29, 1.82) is 0 Å². The molecule has 8 nitrogen and oxygen atoms in total. The summed E-state index contributed by atoms with van der Waals surface area (Å²) in [5.41, 5.74) is 5.56. The van der Waals surface area contributed by atoms with Gasteiger partial charge in [-0.25, -0.2) is 0 Å². The van der Waals surface area contributed by atoms with E-state index in [2.05, 4.69) is 27.0 Å². The smallest absolute Gasteiger partial charge is 0.233 e. The molecular weight excluding hydrogens is 360 g/mol. The number of nitrogen functional groups attached to an aromatic ring is 1. The Morgan fingerprint density at radius 2 is 2.00 bits per heavy atom. The van der Waals surface area contributed by atoms with Crippen molar-refractivity contribution in [2.24, 2.45) is 11.8 Å². The monoisotopic (exact) mass is 386 g/mol. The second kappa shape index (κ2) is 8.63. The van der Waals surface area contributed by atoms with E-state index >= 15 is 0 Å². The molecule has 2 aliphatic heterocycles. The zero-order valence-corrected chi connectivity index (χ0v) is 16.1. The van der Waals surface area contributed by atoms with Crippen molar-refractivity contribution in [2.45, 2.75) is 4.34 Å². The van der Waals surface area contributed by atoms with Crippen molar-refractivity contribution >= 4 is 34.1 Å². The average molecular weight is 387 g/mol. The quantitative estimate of drug-likeness (QED) is 0.633. The maximum atomic E-state index is 12.5. The maximum Gasteiger partial charge on any atom is 0.233 e. The highest BCUT2D eigenvalue weighted by Gasteiger charge is 2.36. The van der Waals surface area contributed by atoms with Gasteiger partial charge in [0.2, 0.25) is 11.0 Å². The average Bonchev–Trinajstić information content (AvgIpc) is 3.21. The first-order valence-electron chi connectivity index (χ1n) is 8.56. The van der Waals surface area contributed by atoms with Crippen molar-refractivity contribution < 1.29 is 9.90 Å². The van der Waals surface area contributed by atoms with E-state index in [1.54, 1.807) is 0 Å². The number of piperazine rings is 1. The van der Waals surface area contributed by atoms with Gasteiger partial charge in [-0.05, 0) is 13.0 Å². The molecule has 2 atom stereocenters. The molecule has 140 valence electrons. The first-order valence-corrected chi connectivity index (χ1v) is 10.4. The van der Waals surface area contributed by atoms with E-state index in [0.29, 0.717) is 23.3 Å². The second-order valence-electron chi connectivity index (χ2n) is 6.80. The Kier molecular flexibility index (Phi) is 6.50. The summed E-state index contributed by atoms with van der Waals surface area (Å²) in [4.78, 5) is 19.2. The Labute approximate surface area is 156 Å². The molecule has 2 aliphatic rings. The number of nitrogens with zero attached hydrogens (tertiary/aromatic N) is 5. The number of aliphatic hydroxyl groups is 1. The van der Waals surface area contributed by atoms with Crippen molar-refractivity contribution in [3.05, 3.63) is 0 Å². The van der Waals surface area contributed by atoms with Crippen LogP contribution in [-0.4, -0.2) is 101 Å². The molecule has 0 spiro atoms. The molecule has 0 aromatic carbocycles. The molecule has 25 heavy (non-hydrogen) atoms. The number of hydrogen-bond donors (Lipinski definition) is 2. The third-order valence-electron chi connectivity index (χ3n) is 4.99. The molecular formula is C15H26N6O2S2. The van der Waals surface area contributed by atoms with E-state index in [9.17, 15) is 9.90 Å². The number of likely N-dealkylation sites (N-methyl/N-ethyl adjacent to an activating group) is 1. The number of nitrogens with two attached hydrogens (primary N) is 1. The van der Waals surface area contributed by atoms with E-state index in [1.165, 1.54) is 23.1 Å². The van der Waals surface area contributed by atoms with E-state index in [0.717, 1.165) is 43.6 Å². The molecule has 1 aromatic heterocycles. The summed E-state index contributed by atoms with van der Waals surface area (Å²) in [7, 11) is 2.15. The summed E-state index contributed by atoms with van der Waals surface area (Å²) in [6, 6.07) is 0. The number of carbonyl (C=O) groups excluding carboxylic acids is 1. The Morgan fingerprint density at radius 3 is 2.64 bits per heavy atom. The van der Waals surface area contributed by atoms with Crippen molar-refractivity contribution in [3.8, 4) is 0 Å². The van der Waals surface area contributed by atoms with Crippen LogP contribution in [0.15, 0.2) is 4.34 Å². The van der Waals surface area contributed by atoms with Gasteiger partial charge in [-0.15, -0.1) is 10.2 Å². The highest BCUT2D eigenvalue weighted by molar-refractivity contribution is 8.01. The summed E-state index contributed by atoms with van der Waals surface area (Å²) in [6.45, 7) is 6.77. The lowest BCUT2D eigenvalue weighted by Crippen LogP contribution is -2.47. The third kappa shape index (κ3) is 5.04. The molecule has 10 heteroatoms. The summed E-state index contributed by atoms with van der Waals surface area (Å²) in [5, 5.41) is 17.8. The minimum Gasteiger partial charge on any atom is -0.396 e. The first kappa shape index (κ1) is 18.8. The van der Waals surface area contributed by atoms with E-state index in [1.807, 2.05) is 4.90 Å². The van der Waals surface area contributed by atoms with E-state index < -0.39 is 0 Å². The molecule has 3 heterocycles. The van der Waals surface area contributed by atoms with Crippen LogP contribution in [0.5, 0.6) is 0 Å². The van der Waals surface area contributed by atoms with Crippen LogP contribution in [0, 0.1) is 11.8 Å². The Balaban J connectivity index is 1.49. The summed E-state index contributed by atoms with van der Waals surface area (Å²) in [5.74, 6) is 0.956. The minimum absolute atomic E-state index is 0.0955. The van der Waals surface area contributed by atoms with Crippen LogP contribution in [0.4, 0.5) is 5.13 Å². The van der Waals surface area contributed by atoms with Crippen molar-refractivity contribution in [1.82, 2.24) is 24.9 Å². The lowest BCUT2D eigenvalue weighted by Gasteiger charge is -2.34. The third-order valence-corrected chi connectivity index (χ3v) is 6.86. The molecule has 3 N–H and O–H groups in total. The number of hydrogen-bond acceptors (Lipinski definition) is 9. The van der Waals surface area contributed by atoms with Gasteiger partial charge in [-0.3, -0.25) is 4.79 Å². The highest BCUT2D eigenvalue weighted by Crippen LogP contribution is 2.27. The predicted octanol–water partition coefficient (Wildman–Crippen LogP) is -0.473. The van der Waals surface area contributed by atoms with Gasteiger partial charge >= 0.3 is 0 Å². The number of aliphatic hydroxyl groups excluding tert-OH is 1. The molecule has 1 aromatic rings. The Hall–Kier alpha value is -0.940. The molecule has 2 saturated heterocycles. The Bertz CT molecular complexity index is 578. The van der Waals surface area contributed by atoms with Gasteiger partial charge < -0.3 is 25.5 Å². The number of thioether (sulfide) groups is 1. The van der Waals surface area contributed by atoms with Gasteiger partial charge in [0.1, 0.15) is 0 Å². The minimum atomic E-state index is 0.0955. The number of rotatable bonds is 6. The molecule has 0 saturated carbocycles. The number of likely N-dealkylation sites (tertiary alicyclic amines) is 1. The molecule has 0 bridgehead atoms. The fraction of sp³-hybridized carbons (Fsp3) is 0.800. The lowest BCUT2D eigenvalue weighted by atomic mass is 9.96. The van der Waals surface area contributed by atoms with Gasteiger partial charge in [0, 0.05) is 58.3 Å². The molecule has 2 fully saturated rings. The van der Waals surface area contributed by atoms with Crippen LogP contribution in [0.3, 0.4) is 0 Å². The van der Waals surface area contributed by atoms with Crippen molar-refractivity contribution in [2.75, 3.05) is 71.0 Å². The summed E-state index contributed by atoms with van der Waals surface area (Å²) >= 11 is 2.68. The standard InChI is InChI=1S/C15H26N6O2S2/c1-19-2-4-20(5-3-19)6-11-7-21(8-12(11)9-22)13(23)10-24-15-18-17-14(16)25-15/h11-12,22H,2-10H2,1H3,(H2,16,17). The van der Waals surface area contributed by atoms with E-state index in [-0.39, 0.29) is 18.4 Å². The van der Waals surface area contributed by atoms with Crippen molar-refractivity contribution in [3.63, 3.8) is 0 Å². The number of amides is 1. The summed E-state index contributed by atoms with van der Waals surface area (Å²) < 4.78 is 0.720. The molecule has 0 aliphatic carbocycles. The number of anilines is 1. The molecule has 1 amide bonds. The van der Waals surface area contributed by atoms with Gasteiger partial charge in [0.15, 0.2) is 4.34 Å². The molecule has 0 radical (unpaired) electrons. The zero-order chi connectivity index (χ0) is 17.8. The topological polar surface area (TPSA) is 98.8 Å². The molecule has 2 unspecified atom stereocenters. The lowest BCUT2D eigenvalue weighted by molar-refractivity contribution is -0.127. The van der Waals surface area contributed by atoms with Crippen LogP contribution in [-0.2, 0) is 4.79 Å². The van der Waals surface area contributed by atoms with Gasteiger partial charge in [-0.1, -0.05) is 23.1 Å². The van der Waals surface area contributed by atoms with Crippen LogP contribution in [0.25, 0.3) is 0 Å². The largest absolute Gasteiger partial charge is 0.396 e. The van der Waals surface area contributed by atoms with Crippen LogP contribution in [0.1, 0.15) is 0 Å². The highest BCUT2D eigenvalue weighted by atomic mass is 32.2. The SMILES string of the molecule is CN1CCN(CC2CN(C(=O)CSc3nnc(N)s3)CC2CO)CC1. The predicted molar refractivity (Wildman–Crippen MR) is 99.6 cm³/mol. The normalized spacial score (nSPS) is 25.6. The second-order valence-corrected chi connectivity index (χ2v) is 9.03. The number of aromatic nitrogens is 2. The van der Waals surface area contributed by atoms with Crippen LogP contribution in [0.2, 0.25) is 0 Å². The zero-order valence-electron chi connectivity index (χ0n) is 14.5. The number of carbonyl (C=O) groups is 1. The maximum absolute atomic E-state index is 12.5.